The van der Waals surface area contributed by atoms with Gasteiger partial charge in [-0.3, -0.25) is 19.3 Å². The van der Waals surface area contributed by atoms with Gasteiger partial charge in [0, 0.05) is 11.2 Å². The fraction of sp³-hybridized carbons (Fsp3) is 0.321. The maximum Gasteiger partial charge on any atom is 0.261 e. The van der Waals surface area contributed by atoms with Crippen LogP contribution in [0.4, 0.5) is 5.69 Å². The highest BCUT2D eigenvalue weighted by Crippen LogP contribution is 2.30. The molecule has 2 aromatic carbocycles. The number of carbonyl (C=O) groups excluding carboxylic acids is 3. The van der Waals surface area contributed by atoms with Gasteiger partial charge in [-0.05, 0) is 68.8 Å². The number of hydrogen-bond acceptors (Lipinski definition) is 4. The molecular formula is C28H33N3O3S. The summed E-state index contributed by atoms with van der Waals surface area (Å²) >= 11 is 1.31. The molecule has 2 N–H and O–H groups in total. The van der Waals surface area contributed by atoms with Crippen molar-refractivity contribution in [3.8, 4) is 0 Å². The average molecular weight is 492 g/mol. The molecule has 1 heterocycles. The predicted molar refractivity (Wildman–Crippen MR) is 142 cm³/mol. The van der Waals surface area contributed by atoms with Gasteiger partial charge >= 0.3 is 0 Å². The monoisotopic (exact) mass is 491 g/mol. The zero-order valence-electron chi connectivity index (χ0n) is 20.9. The van der Waals surface area contributed by atoms with Crippen LogP contribution in [0.2, 0.25) is 0 Å². The van der Waals surface area contributed by atoms with Crippen molar-refractivity contribution in [1.82, 2.24) is 10.6 Å². The highest BCUT2D eigenvalue weighted by molar-refractivity contribution is 7.12. The Kier molecular flexibility index (Phi) is 8.46. The summed E-state index contributed by atoms with van der Waals surface area (Å²) < 4.78 is 0. The lowest BCUT2D eigenvalue weighted by molar-refractivity contribution is -0.127. The minimum atomic E-state index is -0.908. The van der Waals surface area contributed by atoms with E-state index in [1.54, 1.807) is 12.1 Å². The van der Waals surface area contributed by atoms with Crippen LogP contribution >= 0.6 is 11.3 Å². The van der Waals surface area contributed by atoms with E-state index in [2.05, 4.69) is 10.6 Å². The van der Waals surface area contributed by atoms with Gasteiger partial charge in [-0.25, -0.2) is 0 Å². The smallest absolute Gasteiger partial charge is 0.261 e. The average Bonchev–Trinajstić information content (AvgIpc) is 3.36. The molecule has 0 saturated carbocycles. The Morgan fingerprint density at radius 1 is 0.971 bits per heavy atom. The van der Waals surface area contributed by atoms with E-state index in [1.165, 1.54) is 16.2 Å². The summed E-state index contributed by atoms with van der Waals surface area (Å²) in [5.74, 6) is -0.975. The Morgan fingerprint density at radius 3 is 2.29 bits per heavy atom. The first kappa shape index (κ1) is 26.2. The highest BCUT2D eigenvalue weighted by Gasteiger charge is 2.35. The number of nitrogens with one attached hydrogen (secondary N) is 2. The van der Waals surface area contributed by atoms with E-state index in [0.717, 1.165) is 17.5 Å². The number of aryl methyl sites for hydroxylation is 2. The van der Waals surface area contributed by atoms with Crippen molar-refractivity contribution in [2.75, 3.05) is 11.4 Å². The molecule has 0 spiro atoms. The number of thiophene rings is 1. The topological polar surface area (TPSA) is 78.5 Å². The maximum atomic E-state index is 13.7. The van der Waals surface area contributed by atoms with Gasteiger partial charge in [-0.15, -0.1) is 11.3 Å². The van der Waals surface area contributed by atoms with E-state index in [-0.39, 0.29) is 24.3 Å². The van der Waals surface area contributed by atoms with Gasteiger partial charge in [0.25, 0.3) is 5.91 Å². The van der Waals surface area contributed by atoms with Crippen molar-refractivity contribution in [1.29, 1.82) is 0 Å². The second-order valence-corrected chi connectivity index (χ2v) is 10.3. The van der Waals surface area contributed by atoms with E-state index in [9.17, 15) is 14.4 Å². The summed E-state index contributed by atoms with van der Waals surface area (Å²) in [5, 5.41) is 7.63. The Labute approximate surface area is 211 Å². The van der Waals surface area contributed by atoms with Crippen molar-refractivity contribution >= 4 is 34.7 Å². The molecule has 1 atom stereocenters. The Balaban J connectivity index is 2.03. The second-order valence-electron chi connectivity index (χ2n) is 9.30. The van der Waals surface area contributed by atoms with Crippen LogP contribution in [0, 0.1) is 13.8 Å². The summed E-state index contributed by atoms with van der Waals surface area (Å²) in [7, 11) is 0. The van der Waals surface area contributed by atoms with Crippen molar-refractivity contribution in [3.05, 3.63) is 87.6 Å². The number of benzene rings is 2. The fourth-order valence-electron chi connectivity index (χ4n) is 3.61. The van der Waals surface area contributed by atoms with Gasteiger partial charge in [0.15, 0.2) is 0 Å². The zero-order valence-corrected chi connectivity index (χ0v) is 21.7. The minimum Gasteiger partial charge on any atom is -0.349 e. The van der Waals surface area contributed by atoms with E-state index in [4.69, 9.17) is 0 Å². The van der Waals surface area contributed by atoms with E-state index >= 15 is 0 Å². The van der Waals surface area contributed by atoms with Crippen LogP contribution in [-0.2, 0) is 9.59 Å². The molecule has 0 bridgehead atoms. The molecule has 0 aliphatic rings. The molecule has 0 aliphatic heterocycles. The maximum absolute atomic E-state index is 13.7. The number of rotatable bonds is 9. The SMILES string of the molecule is CCC(C)(C)NC(=O)[C@H](c1ccc(C)cc1)N(C(=O)CNC(=O)c1cccs1)c1cccc(C)c1. The molecule has 184 valence electrons. The molecule has 3 rings (SSSR count). The number of hydrogen-bond donors (Lipinski definition) is 2. The third-order valence-corrected chi connectivity index (χ3v) is 6.81. The molecule has 0 aliphatic carbocycles. The molecule has 1 aromatic heterocycles. The van der Waals surface area contributed by atoms with Crippen molar-refractivity contribution in [2.45, 2.75) is 52.6 Å². The van der Waals surface area contributed by atoms with Crippen molar-refractivity contribution < 1.29 is 14.4 Å². The molecule has 3 aromatic rings. The van der Waals surface area contributed by atoms with Gasteiger partial charge in [0.1, 0.15) is 6.04 Å². The molecule has 6 nitrogen and oxygen atoms in total. The van der Waals surface area contributed by atoms with E-state index in [0.29, 0.717) is 16.1 Å². The van der Waals surface area contributed by atoms with Crippen LogP contribution in [-0.4, -0.2) is 29.8 Å². The van der Waals surface area contributed by atoms with Crippen molar-refractivity contribution in [3.63, 3.8) is 0 Å². The molecule has 0 unspecified atom stereocenters. The third kappa shape index (κ3) is 6.79. The number of nitrogens with zero attached hydrogens (tertiary/aromatic N) is 1. The summed E-state index contributed by atoms with van der Waals surface area (Å²) in [6, 6.07) is 17.7. The lowest BCUT2D eigenvalue weighted by Crippen LogP contribution is -2.52. The number of carbonyl (C=O) groups is 3. The first-order chi connectivity index (χ1) is 16.6. The van der Waals surface area contributed by atoms with Gasteiger partial charge in [0.2, 0.25) is 11.8 Å². The molecular weight excluding hydrogens is 458 g/mol. The van der Waals surface area contributed by atoms with E-state index < -0.39 is 11.6 Å². The summed E-state index contributed by atoms with van der Waals surface area (Å²) in [6.45, 7) is 9.59. The summed E-state index contributed by atoms with van der Waals surface area (Å²) in [4.78, 5) is 42.0. The molecule has 7 heteroatoms. The van der Waals surface area contributed by atoms with Crippen LogP contribution in [0.15, 0.2) is 66.0 Å². The summed E-state index contributed by atoms with van der Waals surface area (Å²) in [6.07, 6.45) is 0.731. The van der Waals surface area contributed by atoms with Gasteiger partial charge < -0.3 is 10.6 Å². The fourth-order valence-corrected chi connectivity index (χ4v) is 4.25. The lowest BCUT2D eigenvalue weighted by Gasteiger charge is -2.35. The highest BCUT2D eigenvalue weighted by atomic mass is 32.1. The Morgan fingerprint density at radius 2 is 1.69 bits per heavy atom. The zero-order chi connectivity index (χ0) is 25.6. The predicted octanol–water partition coefficient (Wildman–Crippen LogP) is 5.17. The van der Waals surface area contributed by atoms with Gasteiger partial charge in [-0.2, -0.15) is 0 Å². The van der Waals surface area contributed by atoms with Crippen LogP contribution in [0.25, 0.3) is 0 Å². The van der Waals surface area contributed by atoms with Crippen LogP contribution in [0.5, 0.6) is 0 Å². The molecule has 0 saturated heterocycles. The first-order valence-corrected chi connectivity index (χ1v) is 12.6. The molecule has 0 radical (unpaired) electrons. The lowest BCUT2D eigenvalue weighted by atomic mass is 9.97. The number of amides is 3. The summed E-state index contributed by atoms with van der Waals surface area (Å²) in [5.41, 5.74) is 2.85. The van der Waals surface area contributed by atoms with Gasteiger partial charge in [-0.1, -0.05) is 55.0 Å². The third-order valence-electron chi connectivity index (χ3n) is 5.94. The Bertz CT molecular complexity index is 1170. The normalized spacial score (nSPS) is 12.0. The quantitative estimate of drug-likeness (QED) is 0.433. The van der Waals surface area contributed by atoms with Crippen molar-refractivity contribution in [2.24, 2.45) is 0 Å². The minimum absolute atomic E-state index is 0.239. The molecule has 0 fully saturated rings. The van der Waals surface area contributed by atoms with Gasteiger partial charge in [0.05, 0.1) is 11.4 Å². The largest absolute Gasteiger partial charge is 0.349 e. The second kappa shape index (κ2) is 11.3. The first-order valence-electron chi connectivity index (χ1n) is 11.7. The molecule has 3 amide bonds. The number of anilines is 1. The van der Waals surface area contributed by atoms with Crippen LogP contribution in [0.3, 0.4) is 0 Å². The van der Waals surface area contributed by atoms with E-state index in [1.807, 2.05) is 88.5 Å². The standard InChI is InChI=1S/C28H33N3O3S/c1-6-28(4,5)30-27(34)25(21-14-12-19(2)13-15-21)31(22-10-7-9-20(3)17-22)24(32)18-29-26(33)23-11-8-16-35-23/h7-17,25H,6,18H2,1-5H3,(H,29,33)(H,30,34)/t25-/m0/s1. The molecule has 35 heavy (non-hydrogen) atoms. The Hall–Kier alpha value is -3.45. The van der Waals surface area contributed by atoms with Crippen LogP contribution < -0.4 is 15.5 Å². The van der Waals surface area contributed by atoms with Crippen LogP contribution in [0.1, 0.15) is 59.6 Å².